The van der Waals surface area contributed by atoms with Crippen LogP contribution < -0.4 is 10.4 Å². The van der Waals surface area contributed by atoms with Crippen molar-refractivity contribution >= 4 is 26.7 Å². The Bertz CT molecular complexity index is 807. The molecule has 0 saturated carbocycles. The van der Waals surface area contributed by atoms with Gasteiger partial charge in [0.2, 0.25) is 5.13 Å². The zero-order valence-electron chi connectivity index (χ0n) is 12.9. The van der Waals surface area contributed by atoms with E-state index in [1.54, 1.807) is 11.3 Å². The van der Waals surface area contributed by atoms with Crippen LogP contribution >= 0.6 is 11.3 Å². The highest BCUT2D eigenvalue weighted by Gasteiger charge is 2.25. The van der Waals surface area contributed by atoms with Crippen LogP contribution in [0.2, 0.25) is 0 Å². The second-order valence-corrected chi connectivity index (χ2v) is 6.61. The Balaban J connectivity index is 1.58. The van der Waals surface area contributed by atoms with Gasteiger partial charge in [-0.3, -0.25) is 9.99 Å². The number of hydrazine groups is 1. The summed E-state index contributed by atoms with van der Waals surface area (Å²) in [7, 11) is 0. The van der Waals surface area contributed by atoms with E-state index in [9.17, 15) is 0 Å². The van der Waals surface area contributed by atoms with Crippen LogP contribution in [-0.4, -0.2) is 16.0 Å². The highest BCUT2D eigenvalue weighted by Crippen LogP contribution is 2.31. The summed E-state index contributed by atoms with van der Waals surface area (Å²) in [6.07, 6.45) is 5.95. The zero-order chi connectivity index (χ0) is 15.6. The number of nitrogens with zero attached hydrogens (tertiary/aromatic N) is 3. The molecule has 0 bridgehead atoms. The molecule has 4 rings (SSSR count). The molecule has 116 valence electrons. The number of anilines is 1. The Morgan fingerprint density at radius 2 is 2.04 bits per heavy atom. The molecule has 0 spiro atoms. The van der Waals surface area contributed by atoms with E-state index >= 15 is 0 Å². The fourth-order valence-electron chi connectivity index (χ4n) is 2.86. The van der Waals surface area contributed by atoms with Crippen molar-refractivity contribution in [3.05, 3.63) is 66.1 Å². The largest absolute Gasteiger partial charge is 0.261 e. The van der Waals surface area contributed by atoms with E-state index in [0.29, 0.717) is 0 Å². The first-order valence-electron chi connectivity index (χ1n) is 7.85. The van der Waals surface area contributed by atoms with Gasteiger partial charge in [0.25, 0.3) is 0 Å². The minimum Gasteiger partial charge on any atom is -0.261 e. The summed E-state index contributed by atoms with van der Waals surface area (Å²) in [4.78, 5) is 9.17. The van der Waals surface area contributed by atoms with Crippen LogP contribution in [0.4, 0.5) is 5.13 Å². The van der Waals surface area contributed by atoms with Gasteiger partial charge >= 0.3 is 0 Å². The third-order valence-corrected chi connectivity index (χ3v) is 5.11. The summed E-state index contributed by atoms with van der Waals surface area (Å²) in [6.45, 7) is 2.20. The van der Waals surface area contributed by atoms with Gasteiger partial charge in [0.15, 0.2) is 0 Å². The van der Waals surface area contributed by atoms with Crippen molar-refractivity contribution in [2.75, 3.05) is 5.01 Å². The summed E-state index contributed by atoms with van der Waals surface area (Å²) in [6, 6.07) is 14.6. The maximum Gasteiger partial charge on any atom is 0.205 e. The number of hydrogen-bond donors (Lipinski definition) is 1. The van der Waals surface area contributed by atoms with Crippen LogP contribution in [0.3, 0.4) is 0 Å². The molecule has 1 atom stereocenters. The molecule has 2 aromatic heterocycles. The molecule has 3 heterocycles. The summed E-state index contributed by atoms with van der Waals surface area (Å²) < 4.78 is 1.21. The highest BCUT2D eigenvalue weighted by molar-refractivity contribution is 7.22. The maximum atomic E-state index is 4.73. The standard InChI is InChI=1S/C18H18N4S/c1-2-13-12-22(18-20-15-8-3-4-9-17(15)23-18)21-16(13)11-14-7-5-6-10-19-14/h3-10,12,16,21H,2,11H2,1H3. The Morgan fingerprint density at radius 3 is 2.83 bits per heavy atom. The van der Waals surface area contributed by atoms with Gasteiger partial charge < -0.3 is 0 Å². The van der Waals surface area contributed by atoms with E-state index in [2.05, 4.69) is 52.8 Å². The van der Waals surface area contributed by atoms with Crippen LogP contribution in [0.25, 0.3) is 10.2 Å². The number of benzene rings is 1. The summed E-state index contributed by atoms with van der Waals surface area (Å²) in [5.41, 5.74) is 7.11. The van der Waals surface area contributed by atoms with E-state index in [-0.39, 0.29) is 6.04 Å². The van der Waals surface area contributed by atoms with Crippen molar-refractivity contribution in [3.63, 3.8) is 0 Å². The van der Waals surface area contributed by atoms with E-state index in [0.717, 1.165) is 29.2 Å². The third kappa shape index (κ3) is 2.85. The van der Waals surface area contributed by atoms with Crippen LogP contribution in [0.15, 0.2) is 60.4 Å². The van der Waals surface area contributed by atoms with Crippen LogP contribution in [0.1, 0.15) is 19.0 Å². The van der Waals surface area contributed by atoms with E-state index in [4.69, 9.17) is 4.98 Å². The first-order valence-corrected chi connectivity index (χ1v) is 8.66. The maximum absolute atomic E-state index is 4.73. The van der Waals surface area contributed by atoms with Gasteiger partial charge in [-0.25, -0.2) is 10.4 Å². The average molecular weight is 322 g/mol. The number of para-hydroxylation sites is 1. The molecule has 1 aromatic carbocycles. The second kappa shape index (κ2) is 6.10. The lowest BCUT2D eigenvalue weighted by molar-refractivity contribution is 0.597. The fourth-order valence-corrected chi connectivity index (χ4v) is 3.77. The molecular formula is C18H18N4S. The van der Waals surface area contributed by atoms with Crippen LogP contribution in [0, 0.1) is 0 Å². The predicted octanol–water partition coefficient (Wildman–Crippen LogP) is 3.92. The molecule has 0 fully saturated rings. The third-order valence-electron chi connectivity index (χ3n) is 4.07. The highest BCUT2D eigenvalue weighted by atomic mass is 32.1. The minimum absolute atomic E-state index is 0.280. The molecule has 0 saturated heterocycles. The molecule has 0 radical (unpaired) electrons. The number of fused-ring (bicyclic) bond motifs is 1. The van der Waals surface area contributed by atoms with Gasteiger partial charge in [-0.1, -0.05) is 36.5 Å². The zero-order valence-corrected chi connectivity index (χ0v) is 13.8. The number of hydrogen-bond acceptors (Lipinski definition) is 5. The number of thiazole rings is 1. The Hall–Kier alpha value is -2.24. The van der Waals surface area contributed by atoms with Crippen molar-refractivity contribution in [2.24, 2.45) is 0 Å². The summed E-state index contributed by atoms with van der Waals surface area (Å²) in [5.74, 6) is 0. The normalized spacial score (nSPS) is 17.7. The molecule has 0 amide bonds. The second-order valence-electron chi connectivity index (χ2n) is 5.60. The minimum atomic E-state index is 0.280. The predicted molar refractivity (Wildman–Crippen MR) is 95.3 cm³/mol. The monoisotopic (exact) mass is 322 g/mol. The molecule has 1 unspecified atom stereocenters. The van der Waals surface area contributed by atoms with E-state index in [1.807, 2.05) is 24.4 Å². The van der Waals surface area contributed by atoms with E-state index in [1.165, 1.54) is 10.3 Å². The van der Waals surface area contributed by atoms with Gasteiger partial charge in [-0.05, 0) is 36.3 Å². The lowest BCUT2D eigenvalue weighted by atomic mass is 10.0. The number of nitrogens with one attached hydrogen (secondary N) is 1. The van der Waals surface area contributed by atoms with Crippen LogP contribution in [0.5, 0.6) is 0 Å². The summed E-state index contributed by atoms with van der Waals surface area (Å²) in [5, 5.41) is 3.05. The Labute approximate surface area is 139 Å². The molecule has 0 aliphatic carbocycles. The lowest BCUT2D eigenvalue weighted by Gasteiger charge is -2.17. The van der Waals surface area contributed by atoms with E-state index < -0.39 is 0 Å². The molecule has 23 heavy (non-hydrogen) atoms. The summed E-state index contributed by atoms with van der Waals surface area (Å²) >= 11 is 1.71. The smallest absolute Gasteiger partial charge is 0.205 e. The molecule has 3 aromatic rings. The Kier molecular flexibility index (Phi) is 3.81. The fraction of sp³-hybridized carbons (Fsp3) is 0.222. The van der Waals surface area contributed by atoms with Gasteiger partial charge in [0.1, 0.15) is 0 Å². The molecule has 4 nitrogen and oxygen atoms in total. The number of pyridine rings is 1. The van der Waals surface area contributed by atoms with Gasteiger partial charge in [0.05, 0.1) is 16.3 Å². The van der Waals surface area contributed by atoms with Crippen molar-refractivity contribution in [3.8, 4) is 0 Å². The first-order chi connectivity index (χ1) is 11.3. The van der Waals surface area contributed by atoms with Gasteiger partial charge in [-0.2, -0.15) is 0 Å². The molecular weight excluding hydrogens is 304 g/mol. The van der Waals surface area contributed by atoms with Gasteiger partial charge in [-0.15, -0.1) is 0 Å². The molecule has 1 N–H and O–H groups in total. The van der Waals surface area contributed by atoms with Crippen molar-refractivity contribution < 1.29 is 0 Å². The van der Waals surface area contributed by atoms with Gasteiger partial charge in [0, 0.05) is 24.5 Å². The number of rotatable bonds is 4. The quantitative estimate of drug-likeness (QED) is 0.790. The molecule has 1 aliphatic rings. The molecule has 5 heteroatoms. The van der Waals surface area contributed by atoms with Crippen molar-refractivity contribution in [2.45, 2.75) is 25.8 Å². The topological polar surface area (TPSA) is 41.1 Å². The number of aromatic nitrogens is 2. The SMILES string of the molecule is CCC1=CN(c2nc3ccccc3s2)NC1Cc1ccccn1. The first kappa shape index (κ1) is 14.4. The average Bonchev–Trinajstić information content (AvgIpc) is 3.19. The van der Waals surface area contributed by atoms with Crippen molar-refractivity contribution in [1.29, 1.82) is 0 Å². The van der Waals surface area contributed by atoms with Crippen molar-refractivity contribution in [1.82, 2.24) is 15.4 Å². The van der Waals surface area contributed by atoms with Crippen LogP contribution in [-0.2, 0) is 6.42 Å². The molecule has 1 aliphatic heterocycles. The Morgan fingerprint density at radius 1 is 1.17 bits per heavy atom. The lowest BCUT2D eigenvalue weighted by Crippen LogP contribution is -2.37.